The number of hydrogen-bond acceptors (Lipinski definition) is 6. The van der Waals surface area contributed by atoms with E-state index in [2.05, 4.69) is 128 Å². The van der Waals surface area contributed by atoms with E-state index < -0.39 is 20.4 Å². The number of unbranched alkanes of at least 4 members (excludes halogenated alkanes) is 2. The van der Waals surface area contributed by atoms with Crippen LogP contribution in [0.3, 0.4) is 0 Å². The van der Waals surface area contributed by atoms with Crippen molar-refractivity contribution >= 4 is 76.0 Å². The summed E-state index contributed by atoms with van der Waals surface area (Å²) < 4.78 is 58.9. The molecule has 0 saturated heterocycles. The third kappa shape index (κ3) is 7.84. The maximum atomic E-state index is 11.4. The Morgan fingerprint density at radius 1 is 0.821 bits per heavy atom. The van der Waals surface area contributed by atoms with Crippen LogP contribution in [-0.4, -0.2) is 55.9 Å². The minimum atomic E-state index is -4.28. The highest BCUT2D eigenvalue weighted by Crippen LogP contribution is 2.51. The van der Waals surface area contributed by atoms with Gasteiger partial charge in [0, 0.05) is 63.6 Å². The fourth-order valence-corrected chi connectivity index (χ4v) is 10.3. The van der Waals surface area contributed by atoms with Gasteiger partial charge in [0.1, 0.15) is 6.54 Å². The van der Waals surface area contributed by atoms with Gasteiger partial charge >= 0.3 is 0 Å². The van der Waals surface area contributed by atoms with E-state index in [4.69, 9.17) is 11.6 Å². The van der Waals surface area contributed by atoms with Crippen LogP contribution in [0.2, 0.25) is 0 Å². The van der Waals surface area contributed by atoms with Crippen LogP contribution in [0.1, 0.15) is 83.8 Å². The highest BCUT2D eigenvalue weighted by molar-refractivity contribution is 7.85. The van der Waals surface area contributed by atoms with Crippen LogP contribution in [-0.2, 0) is 31.2 Å². The average Bonchev–Trinajstić information content (AvgIpc) is 3.51. The van der Waals surface area contributed by atoms with Gasteiger partial charge in [-0.1, -0.05) is 92.2 Å². The fraction of sp³-hybridized carbons (Fsp3) is 0.348. The molecule has 1 aliphatic carbocycles. The highest BCUT2D eigenvalue weighted by Gasteiger charge is 2.45. The number of benzene rings is 4. The predicted molar refractivity (Wildman–Crippen MR) is 231 cm³/mol. The smallest absolute Gasteiger partial charge is 0.210 e. The Morgan fingerprint density at radius 2 is 1.50 bits per heavy atom. The van der Waals surface area contributed by atoms with E-state index in [1.807, 2.05) is 6.07 Å². The van der Waals surface area contributed by atoms with Crippen molar-refractivity contribution in [2.24, 2.45) is 0 Å². The molecule has 56 heavy (non-hydrogen) atoms. The molecular formula is C46H49ClN2O5S2. The van der Waals surface area contributed by atoms with Crippen molar-refractivity contribution in [3.05, 3.63) is 130 Å². The quantitative estimate of drug-likeness (QED) is 0.0612. The molecular weight excluding hydrogens is 760 g/mol. The summed E-state index contributed by atoms with van der Waals surface area (Å²) in [5, 5.41) is 6.87. The van der Waals surface area contributed by atoms with E-state index in [0.29, 0.717) is 38.8 Å². The summed E-state index contributed by atoms with van der Waals surface area (Å²) in [7, 11) is -6.46. The lowest BCUT2D eigenvalue weighted by molar-refractivity contribution is -0.438. The van der Waals surface area contributed by atoms with Crippen LogP contribution in [0.4, 0.5) is 11.4 Å². The SMILES string of the molecule is CC1(C)C(/C=C/C2=C(Cl)C(=C/C=C3/N(CCCC=S(=O)=O)c4ccc5ccccc5c4C3(C)C)/CCC2)=[N+](CCCCS(=O)(=O)[O-])c2ccc3ccccc3c21. The molecule has 0 N–H and O–H groups in total. The van der Waals surface area contributed by atoms with Crippen molar-refractivity contribution in [3.8, 4) is 0 Å². The first-order valence-corrected chi connectivity index (χ1v) is 22.6. The van der Waals surface area contributed by atoms with Gasteiger partial charge in [0.05, 0.1) is 15.5 Å². The maximum absolute atomic E-state index is 11.4. The molecule has 0 atom stereocenters. The lowest BCUT2D eigenvalue weighted by atomic mass is 9.78. The topological polar surface area (TPSA) is 97.6 Å². The number of anilines is 1. The first kappa shape index (κ1) is 39.9. The van der Waals surface area contributed by atoms with Crippen molar-refractivity contribution in [2.75, 3.05) is 23.7 Å². The molecule has 292 valence electrons. The molecule has 0 spiro atoms. The molecule has 0 fully saturated rings. The Labute approximate surface area is 337 Å². The largest absolute Gasteiger partial charge is 0.748 e. The number of rotatable bonds is 12. The van der Waals surface area contributed by atoms with Crippen molar-refractivity contribution in [1.82, 2.24) is 0 Å². The standard InChI is InChI=1S/C46H49ClN2O5S2/c1-45(2)40(48(28-9-11-30-55(50)51)38-24-20-32-14-5-7-18-36(32)42(38)45)26-22-34-16-13-17-35(44(34)47)23-27-41-46(3,4)43-37-19-8-6-15-33(37)21-25-39(43)49(41)29-10-12-31-56(52,53)54/h5-8,14-15,18-27,30H,9-13,16-17,28-29,31H2,1-4H3. The van der Waals surface area contributed by atoms with Gasteiger partial charge < -0.3 is 9.45 Å². The van der Waals surface area contributed by atoms with Gasteiger partial charge in [-0.2, -0.15) is 13.0 Å². The Balaban J connectivity index is 1.24. The van der Waals surface area contributed by atoms with Crippen LogP contribution in [0.15, 0.2) is 119 Å². The summed E-state index contributed by atoms with van der Waals surface area (Å²) in [6, 6.07) is 25.5. The summed E-state index contributed by atoms with van der Waals surface area (Å²) in [6.07, 6.45) is 13.5. The highest BCUT2D eigenvalue weighted by atomic mass is 35.5. The van der Waals surface area contributed by atoms with Crippen molar-refractivity contribution in [1.29, 1.82) is 0 Å². The minimum Gasteiger partial charge on any atom is -0.748 e. The Morgan fingerprint density at radius 3 is 2.20 bits per heavy atom. The molecule has 7 rings (SSSR count). The lowest BCUT2D eigenvalue weighted by Gasteiger charge is -2.27. The van der Waals surface area contributed by atoms with Crippen LogP contribution in [0.25, 0.3) is 21.5 Å². The van der Waals surface area contributed by atoms with Gasteiger partial charge in [0.2, 0.25) is 16.0 Å². The van der Waals surface area contributed by atoms with Crippen molar-refractivity contribution in [3.63, 3.8) is 0 Å². The number of fused-ring (bicyclic) bond motifs is 6. The summed E-state index contributed by atoms with van der Waals surface area (Å²) in [5.74, 6) is -0.368. The second-order valence-electron chi connectivity index (χ2n) is 16.1. The Kier molecular flexibility index (Phi) is 11.4. The van der Waals surface area contributed by atoms with E-state index in [9.17, 15) is 21.4 Å². The van der Waals surface area contributed by atoms with Gasteiger partial charge in [0.15, 0.2) is 5.71 Å². The fourth-order valence-electron chi connectivity index (χ4n) is 9.10. The molecule has 7 nitrogen and oxygen atoms in total. The summed E-state index contributed by atoms with van der Waals surface area (Å²) >= 11 is 7.29. The predicted octanol–water partition coefficient (Wildman–Crippen LogP) is 10.00. The number of nitrogens with zero attached hydrogens (tertiary/aromatic N) is 2. The van der Waals surface area contributed by atoms with E-state index >= 15 is 0 Å². The lowest BCUT2D eigenvalue weighted by Crippen LogP contribution is -2.28. The Bertz CT molecular complexity index is 2640. The molecule has 10 heteroatoms. The zero-order valence-corrected chi connectivity index (χ0v) is 34.9. The van der Waals surface area contributed by atoms with Gasteiger partial charge in [0.25, 0.3) is 0 Å². The molecule has 0 radical (unpaired) electrons. The number of halogens is 1. The van der Waals surface area contributed by atoms with Gasteiger partial charge in [-0.25, -0.2) is 8.42 Å². The van der Waals surface area contributed by atoms with Gasteiger partial charge in [-0.05, 0) is 109 Å². The third-order valence-electron chi connectivity index (χ3n) is 11.7. The van der Waals surface area contributed by atoms with E-state index in [0.717, 1.165) is 58.2 Å². The molecule has 2 aliphatic heterocycles. The van der Waals surface area contributed by atoms with E-state index in [-0.39, 0.29) is 16.6 Å². The second kappa shape index (κ2) is 15.9. The maximum Gasteiger partial charge on any atom is 0.210 e. The molecule has 3 aliphatic rings. The molecule has 4 aromatic carbocycles. The van der Waals surface area contributed by atoms with Crippen LogP contribution >= 0.6 is 11.6 Å². The van der Waals surface area contributed by atoms with Crippen molar-refractivity contribution in [2.45, 2.75) is 83.5 Å². The first-order valence-electron chi connectivity index (χ1n) is 19.5. The average molecular weight is 809 g/mol. The molecule has 0 amide bonds. The van der Waals surface area contributed by atoms with Gasteiger partial charge in [-0.3, -0.25) is 0 Å². The van der Waals surface area contributed by atoms with Crippen LogP contribution in [0.5, 0.6) is 0 Å². The first-order chi connectivity index (χ1) is 26.7. The summed E-state index contributed by atoms with van der Waals surface area (Å²) in [6.45, 7) is 10.3. The molecule has 4 aromatic rings. The zero-order valence-electron chi connectivity index (χ0n) is 32.5. The summed E-state index contributed by atoms with van der Waals surface area (Å²) in [4.78, 5) is 2.35. The minimum absolute atomic E-state index is 0.304. The molecule has 0 unspecified atom stereocenters. The van der Waals surface area contributed by atoms with Crippen LogP contribution < -0.4 is 4.90 Å². The molecule has 2 heterocycles. The second-order valence-corrected chi connectivity index (χ2v) is 18.9. The summed E-state index contributed by atoms with van der Waals surface area (Å²) in [5.41, 5.74) is 8.52. The van der Waals surface area contributed by atoms with E-state index in [1.54, 1.807) is 0 Å². The van der Waals surface area contributed by atoms with Gasteiger partial charge in [-0.15, -0.1) is 0 Å². The number of allylic oxidation sites excluding steroid dienone is 8. The van der Waals surface area contributed by atoms with Crippen LogP contribution in [0, 0.1) is 0 Å². The molecule has 0 bridgehead atoms. The monoisotopic (exact) mass is 808 g/mol. The van der Waals surface area contributed by atoms with Crippen molar-refractivity contribution < 1.29 is 26.0 Å². The third-order valence-corrected chi connectivity index (χ3v) is 13.5. The van der Waals surface area contributed by atoms with E-state index in [1.165, 1.54) is 38.0 Å². The molecule has 0 saturated carbocycles. The Hall–Kier alpha value is -4.28. The number of hydrogen-bond donors (Lipinski definition) is 0. The normalized spacial score (nSPS) is 19.2. The zero-order chi connectivity index (χ0) is 39.8. The molecule has 0 aromatic heterocycles.